The molecule has 0 saturated heterocycles. The van der Waals surface area contributed by atoms with Gasteiger partial charge in [0.1, 0.15) is 10.7 Å². The van der Waals surface area contributed by atoms with E-state index in [-0.39, 0.29) is 11.9 Å². The first kappa shape index (κ1) is 13.8. The molecule has 1 atom stereocenters. The quantitative estimate of drug-likeness (QED) is 0.857. The van der Waals surface area contributed by atoms with Crippen molar-refractivity contribution in [1.29, 1.82) is 0 Å². The topological polar surface area (TPSA) is 71.2 Å². The molecule has 1 aromatic rings. The smallest absolute Gasteiger partial charge is 0.265 e. The molecule has 0 aromatic carbocycles. The minimum Gasteiger partial charge on any atom is -0.382 e. The highest BCUT2D eigenvalue weighted by atomic mass is 32.1. The van der Waals surface area contributed by atoms with Gasteiger partial charge in [-0.05, 0) is 12.8 Å². The number of rotatable bonds is 4. The van der Waals surface area contributed by atoms with Crippen molar-refractivity contribution < 1.29 is 4.79 Å². The molecule has 1 aromatic heterocycles. The maximum atomic E-state index is 12.0. The number of amides is 1. The normalized spacial score (nSPS) is 12.6. The molecule has 0 aliphatic rings. The molecule has 0 aliphatic carbocycles. The Morgan fingerprint density at radius 2 is 2.00 bits per heavy atom. The minimum atomic E-state index is -0.144. The third-order valence-corrected chi connectivity index (χ3v) is 3.83. The summed E-state index contributed by atoms with van der Waals surface area (Å²) in [5.74, 6) is 0.544. The van der Waals surface area contributed by atoms with Gasteiger partial charge in [-0.3, -0.25) is 4.79 Å². The zero-order chi connectivity index (χ0) is 13.2. The Labute approximate surface area is 106 Å². The van der Waals surface area contributed by atoms with Crippen LogP contribution < -0.4 is 16.0 Å². The van der Waals surface area contributed by atoms with Crippen molar-refractivity contribution in [2.75, 3.05) is 24.7 Å². The minimum absolute atomic E-state index is 0.117. The summed E-state index contributed by atoms with van der Waals surface area (Å²) in [7, 11) is 3.74. The summed E-state index contributed by atoms with van der Waals surface area (Å²) >= 11 is 1.31. The van der Waals surface area contributed by atoms with Gasteiger partial charge in [-0.15, -0.1) is 0 Å². The van der Waals surface area contributed by atoms with Crippen LogP contribution in [-0.4, -0.2) is 31.0 Å². The third kappa shape index (κ3) is 3.33. The van der Waals surface area contributed by atoms with Crippen LogP contribution in [0, 0.1) is 5.92 Å². The van der Waals surface area contributed by atoms with Gasteiger partial charge in [-0.1, -0.05) is 25.2 Å². The van der Waals surface area contributed by atoms with E-state index in [2.05, 4.69) is 24.1 Å². The number of carbonyl (C=O) groups is 1. The van der Waals surface area contributed by atoms with Crippen molar-refractivity contribution in [3.8, 4) is 0 Å². The van der Waals surface area contributed by atoms with E-state index >= 15 is 0 Å². The first-order chi connectivity index (χ1) is 7.82. The van der Waals surface area contributed by atoms with Crippen molar-refractivity contribution in [3.05, 3.63) is 4.88 Å². The number of aromatic nitrogens is 1. The van der Waals surface area contributed by atoms with Crippen molar-refractivity contribution >= 4 is 28.2 Å². The number of carbonyl (C=O) groups excluding carboxylic acids is 1. The Morgan fingerprint density at radius 3 is 2.41 bits per heavy atom. The van der Waals surface area contributed by atoms with E-state index in [0.29, 0.717) is 16.6 Å². The van der Waals surface area contributed by atoms with Gasteiger partial charge in [-0.25, -0.2) is 4.98 Å². The number of hydrogen-bond acceptors (Lipinski definition) is 5. The van der Waals surface area contributed by atoms with E-state index in [1.807, 2.05) is 25.9 Å². The molecule has 1 amide bonds. The van der Waals surface area contributed by atoms with Crippen LogP contribution in [0.1, 0.15) is 30.4 Å². The Bertz CT molecular complexity index is 400. The average molecular weight is 256 g/mol. The lowest BCUT2D eigenvalue weighted by molar-refractivity contribution is 0.0935. The van der Waals surface area contributed by atoms with Gasteiger partial charge in [0.15, 0.2) is 5.13 Å². The number of nitrogens with two attached hydrogens (primary N) is 1. The molecule has 0 fully saturated rings. The van der Waals surface area contributed by atoms with Gasteiger partial charge in [-0.2, -0.15) is 0 Å². The monoisotopic (exact) mass is 256 g/mol. The molecule has 3 N–H and O–H groups in total. The molecule has 17 heavy (non-hydrogen) atoms. The van der Waals surface area contributed by atoms with E-state index in [9.17, 15) is 4.79 Å². The third-order valence-electron chi connectivity index (χ3n) is 2.59. The molecule has 1 heterocycles. The molecule has 6 heteroatoms. The zero-order valence-electron chi connectivity index (χ0n) is 10.9. The van der Waals surface area contributed by atoms with Gasteiger partial charge < -0.3 is 16.0 Å². The first-order valence-electron chi connectivity index (χ1n) is 5.57. The van der Waals surface area contributed by atoms with Gasteiger partial charge in [0.05, 0.1) is 0 Å². The fraction of sp³-hybridized carbons (Fsp3) is 0.636. The van der Waals surface area contributed by atoms with Crippen molar-refractivity contribution in [2.24, 2.45) is 5.92 Å². The van der Waals surface area contributed by atoms with Crippen LogP contribution >= 0.6 is 11.3 Å². The van der Waals surface area contributed by atoms with Crippen LogP contribution in [0.25, 0.3) is 0 Å². The van der Waals surface area contributed by atoms with Crippen molar-refractivity contribution in [2.45, 2.75) is 26.8 Å². The second-order valence-corrected chi connectivity index (χ2v) is 5.59. The van der Waals surface area contributed by atoms with Gasteiger partial charge in [0.2, 0.25) is 0 Å². The Morgan fingerprint density at radius 1 is 1.41 bits per heavy atom. The van der Waals surface area contributed by atoms with Crippen LogP contribution in [0.15, 0.2) is 0 Å². The number of hydrogen-bond donors (Lipinski definition) is 2. The van der Waals surface area contributed by atoms with Crippen LogP contribution in [0.5, 0.6) is 0 Å². The molecular formula is C11H20N4OS. The van der Waals surface area contributed by atoms with E-state index in [1.165, 1.54) is 11.3 Å². The highest BCUT2D eigenvalue weighted by molar-refractivity contribution is 7.18. The number of nitrogens with one attached hydrogen (secondary N) is 1. The lowest BCUT2D eigenvalue weighted by Gasteiger charge is -2.16. The molecule has 1 rings (SSSR count). The molecule has 0 saturated carbocycles. The lowest BCUT2D eigenvalue weighted by atomic mass is 10.1. The Kier molecular flexibility index (Phi) is 4.34. The number of thiazole rings is 1. The van der Waals surface area contributed by atoms with Crippen LogP contribution in [0.4, 0.5) is 10.9 Å². The second kappa shape index (κ2) is 5.35. The average Bonchev–Trinajstić information content (AvgIpc) is 2.60. The van der Waals surface area contributed by atoms with E-state index < -0.39 is 0 Å². The molecular weight excluding hydrogens is 236 g/mol. The van der Waals surface area contributed by atoms with Crippen LogP contribution in [0.3, 0.4) is 0 Å². The Hall–Kier alpha value is -1.30. The maximum absolute atomic E-state index is 12.0. The van der Waals surface area contributed by atoms with Crippen LogP contribution in [-0.2, 0) is 0 Å². The van der Waals surface area contributed by atoms with Crippen molar-refractivity contribution in [1.82, 2.24) is 10.3 Å². The highest BCUT2D eigenvalue weighted by Gasteiger charge is 2.19. The summed E-state index contributed by atoms with van der Waals surface area (Å²) in [6.07, 6.45) is 0. The Balaban J connectivity index is 2.82. The standard InChI is InChI=1S/C11H20N4OS/c1-6(2)7(3)13-10(16)8-9(12)14-11(17-8)15(4)5/h6-7H,12H2,1-5H3,(H,13,16). The summed E-state index contributed by atoms with van der Waals surface area (Å²) in [5, 5.41) is 3.66. The molecule has 0 spiro atoms. The maximum Gasteiger partial charge on any atom is 0.265 e. The summed E-state index contributed by atoms with van der Waals surface area (Å²) in [6.45, 7) is 6.10. The summed E-state index contributed by atoms with van der Waals surface area (Å²) < 4.78 is 0. The van der Waals surface area contributed by atoms with E-state index in [4.69, 9.17) is 5.73 Å². The fourth-order valence-corrected chi connectivity index (χ4v) is 1.92. The predicted molar refractivity (Wildman–Crippen MR) is 72.6 cm³/mol. The fourth-order valence-electron chi connectivity index (χ4n) is 1.11. The van der Waals surface area contributed by atoms with Gasteiger partial charge in [0, 0.05) is 20.1 Å². The van der Waals surface area contributed by atoms with Crippen molar-refractivity contribution in [3.63, 3.8) is 0 Å². The highest BCUT2D eigenvalue weighted by Crippen LogP contribution is 2.26. The number of nitrogen functional groups attached to an aromatic ring is 1. The molecule has 5 nitrogen and oxygen atoms in total. The molecule has 0 radical (unpaired) electrons. The molecule has 0 aliphatic heterocycles. The SMILES string of the molecule is CC(C)C(C)NC(=O)c1sc(N(C)C)nc1N. The summed E-state index contributed by atoms with van der Waals surface area (Å²) in [5.41, 5.74) is 5.74. The van der Waals surface area contributed by atoms with Crippen LogP contribution in [0.2, 0.25) is 0 Å². The summed E-state index contributed by atoms with van der Waals surface area (Å²) in [6, 6.07) is 0.117. The number of nitrogens with zero attached hydrogens (tertiary/aromatic N) is 2. The largest absolute Gasteiger partial charge is 0.382 e. The predicted octanol–water partition coefficient (Wildman–Crippen LogP) is 1.57. The van der Waals surface area contributed by atoms with Gasteiger partial charge >= 0.3 is 0 Å². The van der Waals surface area contributed by atoms with Gasteiger partial charge in [0.25, 0.3) is 5.91 Å². The summed E-state index contributed by atoms with van der Waals surface area (Å²) in [4.78, 5) is 18.4. The molecule has 0 bridgehead atoms. The zero-order valence-corrected chi connectivity index (χ0v) is 11.8. The molecule has 96 valence electrons. The number of anilines is 2. The second-order valence-electron chi connectivity index (χ2n) is 4.61. The van der Waals surface area contributed by atoms with E-state index in [0.717, 1.165) is 5.13 Å². The first-order valence-corrected chi connectivity index (χ1v) is 6.39. The van der Waals surface area contributed by atoms with E-state index in [1.54, 1.807) is 0 Å². The lowest BCUT2D eigenvalue weighted by Crippen LogP contribution is -2.35. The molecule has 1 unspecified atom stereocenters.